The second-order valence-electron chi connectivity index (χ2n) is 4.48. The van der Waals surface area contributed by atoms with Gasteiger partial charge in [-0.25, -0.2) is 0 Å². The molecule has 1 heterocycles. The Morgan fingerprint density at radius 2 is 1.62 bits per heavy atom. The summed E-state index contributed by atoms with van der Waals surface area (Å²) >= 11 is 0. The van der Waals surface area contributed by atoms with E-state index in [-0.39, 0.29) is 5.79 Å². The van der Waals surface area contributed by atoms with Gasteiger partial charge in [0.2, 0.25) is 0 Å². The van der Waals surface area contributed by atoms with E-state index in [1.165, 1.54) is 0 Å². The lowest BCUT2D eigenvalue weighted by Crippen LogP contribution is -2.27. The molecule has 2 atom stereocenters. The van der Waals surface area contributed by atoms with Gasteiger partial charge < -0.3 is 9.47 Å². The number of hydrogen-bond donors (Lipinski definition) is 0. The molecule has 3 rings (SSSR count). The van der Waals surface area contributed by atoms with Crippen molar-refractivity contribution in [1.82, 2.24) is 0 Å². The van der Waals surface area contributed by atoms with Crippen molar-refractivity contribution in [3.05, 3.63) is 0 Å². The lowest BCUT2D eigenvalue weighted by Gasteiger charge is -2.22. The van der Waals surface area contributed by atoms with Crippen LogP contribution in [0.25, 0.3) is 0 Å². The fourth-order valence-electron chi connectivity index (χ4n) is 3.09. The van der Waals surface area contributed by atoms with Crippen LogP contribution in [-0.4, -0.2) is 24.8 Å². The average Bonchev–Trinajstić information content (AvgIpc) is 2.67. The second kappa shape index (κ2) is 2.55. The van der Waals surface area contributed by atoms with E-state index in [4.69, 9.17) is 9.47 Å². The van der Waals surface area contributed by atoms with E-state index >= 15 is 0 Å². The standard InChI is InChI=1S/C10H14O3/c11-9-3-7-5-10(6-8(7)4-9)12-1-2-13-10/h7-8H,1-6H2. The number of carbonyl (C=O) groups is 1. The minimum Gasteiger partial charge on any atom is -0.348 e. The van der Waals surface area contributed by atoms with E-state index in [1.807, 2.05) is 0 Å². The summed E-state index contributed by atoms with van der Waals surface area (Å²) in [5.41, 5.74) is 0. The third kappa shape index (κ3) is 1.14. The van der Waals surface area contributed by atoms with Crippen LogP contribution in [0, 0.1) is 11.8 Å². The van der Waals surface area contributed by atoms with E-state index in [9.17, 15) is 4.79 Å². The molecule has 2 unspecified atom stereocenters. The summed E-state index contributed by atoms with van der Waals surface area (Å²) in [7, 11) is 0. The van der Waals surface area contributed by atoms with Crippen LogP contribution in [0.3, 0.4) is 0 Å². The fraction of sp³-hybridized carbons (Fsp3) is 0.900. The molecule has 13 heavy (non-hydrogen) atoms. The van der Waals surface area contributed by atoms with Crippen molar-refractivity contribution in [2.45, 2.75) is 31.5 Å². The van der Waals surface area contributed by atoms with Gasteiger partial charge in [0.15, 0.2) is 5.79 Å². The molecule has 3 heteroatoms. The molecule has 72 valence electrons. The largest absolute Gasteiger partial charge is 0.348 e. The van der Waals surface area contributed by atoms with Crippen molar-refractivity contribution in [3.63, 3.8) is 0 Å². The van der Waals surface area contributed by atoms with E-state index < -0.39 is 0 Å². The maximum Gasteiger partial charge on any atom is 0.169 e. The number of rotatable bonds is 0. The van der Waals surface area contributed by atoms with Crippen molar-refractivity contribution in [1.29, 1.82) is 0 Å². The SMILES string of the molecule is O=C1CC2CC3(CC2C1)OCCO3. The van der Waals surface area contributed by atoms with Crippen molar-refractivity contribution in [3.8, 4) is 0 Å². The lowest BCUT2D eigenvalue weighted by molar-refractivity contribution is -0.156. The normalized spacial score (nSPS) is 41.7. The first kappa shape index (κ1) is 7.94. The van der Waals surface area contributed by atoms with Crippen LogP contribution in [0.1, 0.15) is 25.7 Å². The Balaban J connectivity index is 1.77. The number of ketones is 1. The molecule has 3 aliphatic rings. The predicted octanol–water partition coefficient (Wildman–Crippen LogP) is 1.12. The highest BCUT2D eigenvalue weighted by Crippen LogP contribution is 2.50. The molecule has 0 N–H and O–H groups in total. The summed E-state index contributed by atoms with van der Waals surface area (Å²) in [6.07, 6.45) is 3.42. The van der Waals surface area contributed by atoms with Gasteiger partial charge in [0.1, 0.15) is 5.78 Å². The smallest absolute Gasteiger partial charge is 0.169 e. The Labute approximate surface area is 77.4 Å². The molecular formula is C10H14O3. The van der Waals surface area contributed by atoms with Gasteiger partial charge >= 0.3 is 0 Å². The van der Waals surface area contributed by atoms with E-state index in [0.717, 1.165) is 38.9 Å². The zero-order valence-electron chi connectivity index (χ0n) is 7.62. The Morgan fingerprint density at radius 3 is 2.15 bits per heavy atom. The summed E-state index contributed by atoms with van der Waals surface area (Å²) in [4.78, 5) is 11.2. The highest BCUT2D eigenvalue weighted by atomic mass is 16.7. The quantitative estimate of drug-likeness (QED) is 0.563. The van der Waals surface area contributed by atoms with Gasteiger partial charge in [-0.05, 0) is 11.8 Å². The minimum absolute atomic E-state index is 0.282. The second-order valence-corrected chi connectivity index (χ2v) is 4.48. The van der Waals surface area contributed by atoms with Gasteiger partial charge in [-0.2, -0.15) is 0 Å². The van der Waals surface area contributed by atoms with Crippen molar-refractivity contribution >= 4 is 5.78 Å². The summed E-state index contributed by atoms with van der Waals surface area (Å²) < 4.78 is 11.3. The molecule has 0 radical (unpaired) electrons. The van der Waals surface area contributed by atoms with Crippen molar-refractivity contribution in [2.75, 3.05) is 13.2 Å². The first-order chi connectivity index (χ1) is 6.27. The fourth-order valence-corrected chi connectivity index (χ4v) is 3.09. The minimum atomic E-state index is -0.282. The van der Waals surface area contributed by atoms with Gasteiger partial charge in [0.25, 0.3) is 0 Å². The van der Waals surface area contributed by atoms with E-state index in [2.05, 4.69) is 0 Å². The highest BCUT2D eigenvalue weighted by molar-refractivity contribution is 5.81. The molecule has 0 bridgehead atoms. The maximum absolute atomic E-state index is 11.2. The average molecular weight is 182 g/mol. The molecule has 0 aromatic rings. The van der Waals surface area contributed by atoms with Crippen LogP contribution in [0.2, 0.25) is 0 Å². The van der Waals surface area contributed by atoms with Gasteiger partial charge in [-0.3, -0.25) is 4.79 Å². The van der Waals surface area contributed by atoms with Crippen LogP contribution < -0.4 is 0 Å². The molecule has 1 saturated heterocycles. The number of Topliss-reactive ketones (excluding diaryl/α,β-unsaturated/α-hetero) is 1. The Bertz CT molecular complexity index is 225. The first-order valence-electron chi connectivity index (χ1n) is 5.07. The van der Waals surface area contributed by atoms with Crippen LogP contribution in [0.15, 0.2) is 0 Å². The van der Waals surface area contributed by atoms with E-state index in [1.54, 1.807) is 0 Å². The molecule has 0 aromatic heterocycles. The Kier molecular flexibility index (Phi) is 1.56. The summed E-state index contributed by atoms with van der Waals surface area (Å²) in [5.74, 6) is 1.25. The number of fused-ring (bicyclic) bond motifs is 1. The van der Waals surface area contributed by atoms with Crippen LogP contribution in [0.5, 0.6) is 0 Å². The lowest BCUT2D eigenvalue weighted by atomic mass is 10.0. The third-order valence-corrected chi connectivity index (χ3v) is 3.61. The van der Waals surface area contributed by atoms with Gasteiger partial charge in [0.05, 0.1) is 13.2 Å². The molecule has 1 spiro atoms. The maximum atomic E-state index is 11.2. The predicted molar refractivity (Wildman–Crippen MR) is 45.1 cm³/mol. The first-order valence-corrected chi connectivity index (χ1v) is 5.07. The zero-order chi connectivity index (χ0) is 8.89. The molecule has 0 aromatic carbocycles. The van der Waals surface area contributed by atoms with Crippen molar-refractivity contribution < 1.29 is 14.3 Å². The van der Waals surface area contributed by atoms with Crippen LogP contribution in [0.4, 0.5) is 0 Å². The molecule has 3 fully saturated rings. The third-order valence-electron chi connectivity index (χ3n) is 3.61. The van der Waals surface area contributed by atoms with Crippen molar-refractivity contribution in [2.24, 2.45) is 11.8 Å². The van der Waals surface area contributed by atoms with Crippen LogP contribution in [-0.2, 0) is 14.3 Å². The summed E-state index contributed by atoms with van der Waals surface area (Å²) in [6.45, 7) is 1.46. The zero-order valence-corrected chi connectivity index (χ0v) is 7.62. The number of carbonyl (C=O) groups excluding carboxylic acids is 1. The number of hydrogen-bond acceptors (Lipinski definition) is 3. The Morgan fingerprint density at radius 1 is 1.08 bits per heavy atom. The summed E-state index contributed by atoms with van der Waals surface area (Å²) in [6, 6.07) is 0. The molecule has 2 saturated carbocycles. The van der Waals surface area contributed by atoms with Gasteiger partial charge in [-0.15, -0.1) is 0 Å². The van der Waals surface area contributed by atoms with E-state index in [0.29, 0.717) is 17.6 Å². The van der Waals surface area contributed by atoms with Gasteiger partial charge in [0, 0.05) is 25.7 Å². The topological polar surface area (TPSA) is 35.5 Å². The molecule has 1 aliphatic heterocycles. The molecule has 2 aliphatic carbocycles. The highest BCUT2D eigenvalue weighted by Gasteiger charge is 2.52. The summed E-state index contributed by atoms with van der Waals surface area (Å²) in [5, 5.41) is 0. The van der Waals surface area contributed by atoms with Crippen LogP contribution >= 0.6 is 0 Å². The Hall–Kier alpha value is -0.410. The molecule has 0 amide bonds. The molecule has 3 nitrogen and oxygen atoms in total. The monoisotopic (exact) mass is 182 g/mol. The number of ether oxygens (including phenoxy) is 2. The molecular weight excluding hydrogens is 168 g/mol. The van der Waals surface area contributed by atoms with Gasteiger partial charge in [-0.1, -0.05) is 0 Å².